The van der Waals surface area contributed by atoms with Crippen molar-refractivity contribution in [2.45, 2.75) is 37.7 Å². The van der Waals surface area contributed by atoms with Gasteiger partial charge in [-0.1, -0.05) is 11.8 Å². The van der Waals surface area contributed by atoms with Crippen LogP contribution in [0, 0.1) is 24.7 Å². The summed E-state index contributed by atoms with van der Waals surface area (Å²) in [5.41, 5.74) is 2.18. The first kappa shape index (κ1) is 26.5. The number of hydrazone groups is 1. The highest BCUT2D eigenvalue weighted by molar-refractivity contribution is 8.14. The molecule has 0 bridgehead atoms. The first-order chi connectivity index (χ1) is 18.6. The fraction of sp³-hybridized carbons (Fsp3) is 0.292. The van der Waals surface area contributed by atoms with E-state index in [1.807, 2.05) is 0 Å². The highest BCUT2D eigenvalue weighted by atomic mass is 32.2. The van der Waals surface area contributed by atoms with Gasteiger partial charge >= 0.3 is 6.16 Å². The summed E-state index contributed by atoms with van der Waals surface area (Å²) in [6, 6.07) is 5.17. The Kier molecular flexibility index (Phi) is 7.19. The molecule has 1 aromatic carbocycles. The minimum atomic E-state index is -3.66. The maximum atomic E-state index is 13.6. The van der Waals surface area contributed by atoms with E-state index in [1.165, 1.54) is 30.0 Å². The molecule has 0 spiro atoms. The zero-order chi connectivity index (χ0) is 27.7. The van der Waals surface area contributed by atoms with E-state index in [0.29, 0.717) is 11.5 Å². The van der Waals surface area contributed by atoms with Crippen molar-refractivity contribution in [1.82, 2.24) is 25.9 Å². The monoisotopic (exact) mass is 558 g/mol. The number of ether oxygens (including phenoxy) is 1. The van der Waals surface area contributed by atoms with Gasteiger partial charge in [0.1, 0.15) is 5.69 Å². The van der Waals surface area contributed by atoms with Crippen LogP contribution in [0.25, 0.3) is 22.6 Å². The lowest BCUT2D eigenvalue weighted by Crippen LogP contribution is -2.35. The van der Waals surface area contributed by atoms with Gasteiger partial charge in [0, 0.05) is 29.5 Å². The Morgan fingerprint density at radius 3 is 2.69 bits per heavy atom. The maximum Gasteiger partial charge on any atom is 0.453 e. The number of rotatable bonds is 6. The van der Waals surface area contributed by atoms with Gasteiger partial charge in [0.2, 0.25) is 11.8 Å². The number of carbonyl (C=O) groups is 1. The third-order valence-electron chi connectivity index (χ3n) is 5.42. The average molecular weight is 559 g/mol. The molecule has 0 saturated heterocycles. The van der Waals surface area contributed by atoms with E-state index < -0.39 is 29.9 Å². The molecule has 39 heavy (non-hydrogen) atoms. The number of hydrogen-bond acceptors (Lipinski definition) is 12. The number of pyridine rings is 1. The highest BCUT2D eigenvalue weighted by Gasteiger charge is 2.28. The number of halogens is 2. The molecule has 1 fully saturated rings. The number of amides is 1. The second-order valence-corrected chi connectivity index (χ2v) is 9.62. The summed E-state index contributed by atoms with van der Waals surface area (Å²) in [7, 11) is 0. The van der Waals surface area contributed by atoms with Gasteiger partial charge < -0.3 is 24.5 Å². The molecule has 15 heteroatoms. The molecule has 1 atom stereocenters. The number of hydrogen-bond donors (Lipinski definition) is 5. The molecule has 3 aromatic rings. The van der Waals surface area contributed by atoms with Crippen LogP contribution in [0.4, 0.5) is 8.78 Å². The normalized spacial score (nSPS) is 16.8. The lowest BCUT2D eigenvalue weighted by atomic mass is 9.96. The summed E-state index contributed by atoms with van der Waals surface area (Å²) >= 11 is 1.19. The van der Waals surface area contributed by atoms with Crippen LogP contribution < -0.4 is 15.5 Å². The molecular weight excluding hydrogens is 538 g/mol. The lowest BCUT2D eigenvalue weighted by molar-refractivity contribution is -0.419. The number of amidine groups is 1. The molecule has 1 aliphatic heterocycles. The van der Waals surface area contributed by atoms with Crippen molar-refractivity contribution < 1.29 is 38.0 Å². The van der Waals surface area contributed by atoms with Crippen LogP contribution in [0.1, 0.15) is 41.2 Å². The molecule has 5 N–H and O–H groups in total. The predicted octanol–water partition coefficient (Wildman–Crippen LogP) is 2.09. The number of benzene rings is 1. The fourth-order valence-electron chi connectivity index (χ4n) is 3.52. The minimum absolute atomic E-state index is 0.00830. The van der Waals surface area contributed by atoms with Crippen LogP contribution >= 0.6 is 11.8 Å². The number of nitrogens with one attached hydrogen (secondary N) is 2. The van der Waals surface area contributed by atoms with Crippen molar-refractivity contribution in [3.05, 3.63) is 47.6 Å². The number of aromatic nitrogens is 3. The van der Waals surface area contributed by atoms with Gasteiger partial charge in [-0.15, -0.1) is 10.2 Å². The van der Waals surface area contributed by atoms with Gasteiger partial charge in [-0.25, -0.2) is 8.78 Å². The number of carbonyl (C=O) groups excluding carboxylic acids is 1. The zero-order valence-corrected chi connectivity index (χ0v) is 20.9. The molecule has 5 rings (SSSR count). The predicted molar refractivity (Wildman–Crippen MR) is 133 cm³/mol. The Balaban J connectivity index is 1.54. The topological polar surface area (TPSA) is 175 Å². The van der Waals surface area contributed by atoms with Crippen LogP contribution in [0.3, 0.4) is 0 Å². The lowest BCUT2D eigenvalue weighted by Gasteiger charge is -2.20. The maximum absolute atomic E-state index is 13.6. The van der Waals surface area contributed by atoms with E-state index in [0.717, 1.165) is 25.1 Å². The van der Waals surface area contributed by atoms with Gasteiger partial charge in [0.25, 0.3) is 12.3 Å². The van der Waals surface area contributed by atoms with Crippen LogP contribution in [0.5, 0.6) is 5.75 Å². The molecule has 2 aliphatic rings. The third kappa shape index (κ3) is 6.49. The largest absolute Gasteiger partial charge is 0.453 e. The molecular formula is C24H20F2N6O6S. The van der Waals surface area contributed by atoms with E-state index in [1.54, 1.807) is 6.92 Å². The first-order valence-corrected chi connectivity index (χ1v) is 12.3. The van der Waals surface area contributed by atoms with Gasteiger partial charge in [0.05, 0.1) is 6.20 Å². The molecule has 1 saturated carbocycles. The number of aryl methyl sites for hydroxylation is 1. The first-order valence-electron chi connectivity index (χ1n) is 11.5. The molecule has 3 heterocycles. The third-order valence-corrected chi connectivity index (χ3v) is 6.29. The van der Waals surface area contributed by atoms with Gasteiger partial charge in [-0.2, -0.15) is 5.10 Å². The van der Waals surface area contributed by atoms with Crippen molar-refractivity contribution in [2.75, 3.05) is 0 Å². The van der Waals surface area contributed by atoms with Gasteiger partial charge in [0.15, 0.2) is 16.3 Å². The van der Waals surface area contributed by atoms with Crippen molar-refractivity contribution in [2.24, 2.45) is 11.0 Å². The quantitative estimate of drug-likeness (QED) is 0.221. The zero-order valence-electron chi connectivity index (χ0n) is 20.1. The summed E-state index contributed by atoms with van der Waals surface area (Å²) < 4.78 is 37.3. The molecule has 1 amide bonds. The van der Waals surface area contributed by atoms with E-state index >= 15 is 0 Å². The molecule has 2 aromatic heterocycles. The SMILES string of the molecule is Cc1nnc(-c2ccc(C(=O)NC3=NNC(C#CC4CC4)S3)c(-c3cc(C(F)F)ncc3OC(O)(O)O)c2)o1. The molecule has 1 aliphatic carbocycles. The molecule has 1 unspecified atom stereocenters. The average Bonchev–Trinajstić information content (AvgIpc) is 3.44. The van der Waals surface area contributed by atoms with Crippen molar-refractivity contribution >= 4 is 22.8 Å². The number of alkyl halides is 2. The molecule has 202 valence electrons. The number of thioether (sulfide) groups is 1. The van der Waals surface area contributed by atoms with Gasteiger partial charge in [-0.05, 0) is 54.4 Å². The Morgan fingerprint density at radius 2 is 2.03 bits per heavy atom. The smallest absolute Gasteiger partial charge is 0.421 e. The van der Waals surface area contributed by atoms with E-state index in [9.17, 15) is 28.9 Å². The Morgan fingerprint density at radius 1 is 1.23 bits per heavy atom. The highest BCUT2D eigenvalue weighted by Crippen LogP contribution is 2.38. The van der Waals surface area contributed by atoms with E-state index in [4.69, 9.17) is 9.15 Å². The Labute approximate surface area is 223 Å². The van der Waals surface area contributed by atoms with Crippen LogP contribution in [-0.4, -0.2) is 53.1 Å². The van der Waals surface area contributed by atoms with Crippen molar-refractivity contribution in [3.8, 4) is 40.2 Å². The molecule has 12 nitrogen and oxygen atoms in total. The number of nitrogens with zero attached hydrogens (tertiary/aromatic N) is 4. The van der Waals surface area contributed by atoms with Crippen molar-refractivity contribution in [1.29, 1.82) is 0 Å². The summed E-state index contributed by atoms with van der Waals surface area (Å²) in [5.74, 6) is 5.70. The van der Waals surface area contributed by atoms with Crippen LogP contribution in [0.15, 0.2) is 40.0 Å². The van der Waals surface area contributed by atoms with Gasteiger partial charge in [-0.3, -0.25) is 20.5 Å². The minimum Gasteiger partial charge on any atom is -0.421 e. The standard InChI is InChI=1S/C24H20F2N6O6S/c1-11-29-31-22(37-11)13-5-6-14(21(33)28-23-32-30-19(39-23)7-4-12-2-3-12)15(8-13)16-9-17(20(25)26)27-10-18(16)38-24(34,35)36/h5-6,8-10,12,19-20,30,34-36H,2-3H2,1H3,(H,28,32,33). The summed E-state index contributed by atoms with van der Waals surface area (Å²) in [6.07, 6.45) is -3.78. The second kappa shape index (κ2) is 10.6. The van der Waals surface area contributed by atoms with Crippen LogP contribution in [0.2, 0.25) is 0 Å². The van der Waals surface area contributed by atoms with Crippen LogP contribution in [-0.2, 0) is 0 Å². The van der Waals surface area contributed by atoms with Crippen molar-refractivity contribution in [3.63, 3.8) is 0 Å². The summed E-state index contributed by atoms with van der Waals surface area (Å²) in [5, 5.41) is 42.5. The summed E-state index contributed by atoms with van der Waals surface area (Å²) in [4.78, 5) is 16.9. The Bertz CT molecular complexity index is 1510. The molecule has 0 radical (unpaired) electrons. The van der Waals surface area contributed by atoms with E-state index in [-0.39, 0.29) is 39.0 Å². The summed E-state index contributed by atoms with van der Waals surface area (Å²) in [6.45, 7) is 1.57. The fourth-order valence-corrected chi connectivity index (χ4v) is 4.23. The Hall–Kier alpha value is -4.10. The van der Waals surface area contributed by atoms with E-state index in [2.05, 4.69) is 42.9 Å². The number of aliphatic hydroxyl groups is 3. The second-order valence-electron chi connectivity index (χ2n) is 8.53.